The lowest BCUT2D eigenvalue weighted by atomic mass is 9.84. The summed E-state index contributed by atoms with van der Waals surface area (Å²) in [5, 5.41) is 3.95. The molecule has 0 radical (unpaired) electrons. The number of halogens is 2. The summed E-state index contributed by atoms with van der Waals surface area (Å²) in [7, 11) is 2.42. The van der Waals surface area contributed by atoms with Gasteiger partial charge in [-0.2, -0.15) is 0 Å². The summed E-state index contributed by atoms with van der Waals surface area (Å²) in [4.78, 5) is 43.5. The third kappa shape index (κ3) is 6.03. The Balaban J connectivity index is 2.04. The largest absolute Gasteiger partial charge is 0.466 e. The highest BCUT2D eigenvalue weighted by molar-refractivity contribution is 6.30. The Morgan fingerprint density at radius 3 is 1.95 bits per heavy atom. The smallest absolute Gasteiger partial charge is 0.339 e. The van der Waals surface area contributed by atoms with Crippen LogP contribution in [0.2, 0.25) is 10.0 Å². The number of benzene rings is 3. The van der Waals surface area contributed by atoms with Gasteiger partial charge in [0.1, 0.15) is 11.5 Å². The molecule has 10 heteroatoms. The summed E-state index contributed by atoms with van der Waals surface area (Å²) >= 11 is 12.2. The van der Waals surface area contributed by atoms with Crippen molar-refractivity contribution in [3.05, 3.63) is 129 Å². The molecule has 1 aliphatic heterocycles. The van der Waals surface area contributed by atoms with E-state index in [1.807, 2.05) is 6.07 Å². The van der Waals surface area contributed by atoms with Gasteiger partial charge in [0, 0.05) is 33.3 Å². The zero-order valence-corrected chi connectivity index (χ0v) is 22.3. The minimum atomic E-state index is -1.93. The number of esters is 3. The summed E-state index contributed by atoms with van der Waals surface area (Å²) in [6.07, 6.45) is 2.23. The van der Waals surface area contributed by atoms with Crippen molar-refractivity contribution in [3.8, 4) is 0 Å². The molecule has 39 heavy (non-hydrogen) atoms. The van der Waals surface area contributed by atoms with Gasteiger partial charge >= 0.3 is 17.9 Å². The summed E-state index contributed by atoms with van der Waals surface area (Å²) in [5.74, 6) is -2.01. The van der Waals surface area contributed by atoms with E-state index < -0.39 is 23.5 Å². The number of hydrogen-bond donors (Lipinski definition) is 1. The van der Waals surface area contributed by atoms with Crippen molar-refractivity contribution in [3.63, 3.8) is 0 Å². The summed E-state index contributed by atoms with van der Waals surface area (Å²) in [5.41, 5.74) is -0.766. The standard InChI is InChI=1S/C29H22Cl2N2O6/c1-37-25(34)16-23-29(20-10-14-22(31)15-11-20,39-28(36)19-8-12-21(30)13-9-19)24(17-26(35)38-2)33-27(32-23)18-6-4-3-5-7-18/h3-17H,1-2H3,(H,32,33)/b23-16-,24-17+. The van der Waals surface area contributed by atoms with Crippen LogP contribution in [0.3, 0.4) is 0 Å². The predicted octanol–water partition coefficient (Wildman–Crippen LogP) is 5.21. The summed E-state index contributed by atoms with van der Waals surface area (Å²) in [6, 6.07) is 21.4. The molecule has 1 aliphatic rings. The Kier molecular flexibility index (Phi) is 8.49. The fraction of sp³-hybridized carbons (Fsp3) is 0.103. The predicted molar refractivity (Wildman–Crippen MR) is 146 cm³/mol. The van der Waals surface area contributed by atoms with Crippen LogP contribution in [0.25, 0.3) is 0 Å². The maximum absolute atomic E-state index is 13.6. The lowest BCUT2D eigenvalue weighted by molar-refractivity contribution is -0.135. The molecule has 1 unspecified atom stereocenters. The van der Waals surface area contributed by atoms with Crippen molar-refractivity contribution in [2.24, 2.45) is 4.99 Å². The van der Waals surface area contributed by atoms with E-state index in [9.17, 15) is 14.4 Å². The molecule has 0 aromatic heterocycles. The van der Waals surface area contributed by atoms with Gasteiger partial charge in [-0.15, -0.1) is 0 Å². The summed E-state index contributed by atoms with van der Waals surface area (Å²) in [6.45, 7) is 0. The highest BCUT2D eigenvalue weighted by Gasteiger charge is 2.49. The normalized spacial score (nSPS) is 18.6. The van der Waals surface area contributed by atoms with E-state index in [-0.39, 0.29) is 22.8 Å². The lowest BCUT2D eigenvalue weighted by Crippen LogP contribution is -2.48. The SMILES string of the molecule is COC(=O)/C=C1\NC(c2ccccc2)=N/C(=C/C(=O)OC)C1(OC(=O)c1ccc(Cl)cc1)c1ccc(Cl)cc1. The van der Waals surface area contributed by atoms with E-state index in [0.29, 0.717) is 21.2 Å². The Morgan fingerprint density at radius 1 is 0.795 bits per heavy atom. The molecule has 8 nitrogen and oxygen atoms in total. The van der Waals surface area contributed by atoms with Crippen molar-refractivity contribution in [2.45, 2.75) is 5.60 Å². The second-order valence-corrected chi connectivity index (χ2v) is 9.04. The number of nitrogens with one attached hydrogen (secondary N) is 1. The fourth-order valence-corrected chi connectivity index (χ4v) is 4.12. The van der Waals surface area contributed by atoms with Crippen molar-refractivity contribution < 1.29 is 28.6 Å². The van der Waals surface area contributed by atoms with Crippen LogP contribution < -0.4 is 5.32 Å². The average molecular weight is 565 g/mol. The third-order valence-corrected chi connectivity index (χ3v) is 6.27. The van der Waals surface area contributed by atoms with Crippen LogP contribution in [0.5, 0.6) is 0 Å². The molecular formula is C29H22Cl2N2O6. The first-order chi connectivity index (χ1) is 18.8. The maximum atomic E-state index is 13.6. The van der Waals surface area contributed by atoms with Gasteiger partial charge in [-0.25, -0.2) is 19.4 Å². The minimum absolute atomic E-state index is 0.0354. The molecule has 1 N–H and O–H groups in total. The number of hydrogen-bond acceptors (Lipinski definition) is 8. The third-order valence-electron chi connectivity index (χ3n) is 5.77. The maximum Gasteiger partial charge on any atom is 0.339 e. The van der Waals surface area contributed by atoms with Crippen molar-refractivity contribution in [2.75, 3.05) is 14.2 Å². The lowest BCUT2D eigenvalue weighted by Gasteiger charge is -2.40. The van der Waals surface area contributed by atoms with Gasteiger partial charge in [0.2, 0.25) is 5.60 Å². The van der Waals surface area contributed by atoms with E-state index >= 15 is 0 Å². The van der Waals surface area contributed by atoms with Gasteiger partial charge in [0.05, 0.1) is 25.5 Å². The highest BCUT2D eigenvalue weighted by atomic mass is 35.5. The van der Waals surface area contributed by atoms with Crippen LogP contribution in [-0.4, -0.2) is 38.0 Å². The molecule has 3 aromatic rings. The van der Waals surface area contributed by atoms with E-state index in [0.717, 1.165) is 12.2 Å². The van der Waals surface area contributed by atoms with Gasteiger partial charge < -0.3 is 19.5 Å². The molecule has 1 heterocycles. The number of carbonyl (C=O) groups is 3. The molecule has 0 spiro atoms. The molecular weight excluding hydrogens is 543 g/mol. The topological polar surface area (TPSA) is 103 Å². The number of amidine groups is 1. The van der Waals surface area contributed by atoms with Gasteiger partial charge in [-0.05, 0) is 36.4 Å². The van der Waals surface area contributed by atoms with E-state index in [1.165, 1.54) is 38.5 Å². The molecule has 3 aromatic carbocycles. The van der Waals surface area contributed by atoms with Crippen molar-refractivity contribution in [1.29, 1.82) is 0 Å². The van der Waals surface area contributed by atoms with E-state index in [1.54, 1.807) is 48.5 Å². The van der Waals surface area contributed by atoms with E-state index in [4.69, 9.17) is 37.4 Å². The van der Waals surface area contributed by atoms with Crippen LogP contribution in [0, 0.1) is 0 Å². The van der Waals surface area contributed by atoms with Crippen LogP contribution in [0.15, 0.2) is 107 Å². The Morgan fingerprint density at radius 2 is 1.36 bits per heavy atom. The van der Waals surface area contributed by atoms with Gasteiger partial charge in [-0.1, -0.05) is 65.7 Å². The van der Waals surface area contributed by atoms with Gasteiger partial charge in [-0.3, -0.25) is 0 Å². The second-order valence-electron chi connectivity index (χ2n) is 8.17. The zero-order valence-electron chi connectivity index (χ0n) is 20.8. The first kappa shape index (κ1) is 27.6. The first-order valence-corrected chi connectivity index (χ1v) is 12.3. The van der Waals surface area contributed by atoms with Crippen LogP contribution in [0.1, 0.15) is 21.5 Å². The molecule has 0 bridgehead atoms. The molecule has 1 atom stereocenters. The Bertz CT molecular complexity index is 1480. The van der Waals surface area contributed by atoms with Crippen LogP contribution >= 0.6 is 23.2 Å². The minimum Gasteiger partial charge on any atom is -0.466 e. The van der Waals surface area contributed by atoms with Crippen molar-refractivity contribution in [1.82, 2.24) is 5.32 Å². The molecule has 4 rings (SSSR count). The van der Waals surface area contributed by atoms with Crippen LogP contribution in [0.4, 0.5) is 0 Å². The van der Waals surface area contributed by atoms with Crippen molar-refractivity contribution >= 4 is 46.9 Å². The fourth-order valence-electron chi connectivity index (χ4n) is 3.87. The molecule has 0 aliphatic carbocycles. The Hall–Kier alpha value is -4.40. The highest BCUT2D eigenvalue weighted by Crippen LogP contribution is 2.44. The molecule has 0 saturated carbocycles. The number of carbonyl (C=O) groups excluding carboxylic acids is 3. The number of methoxy groups -OCH3 is 2. The molecule has 198 valence electrons. The van der Waals surface area contributed by atoms with Gasteiger partial charge in [0.15, 0.2) is 0 Å². The number of nitrogens with zero attached hydrogens (tertiary/aromatic N) is 1. The quantitative estimate of drug-likeness (QED) is 0.249. The number of aliphatic imine (C=N–C) groups is 1. The monoisotopic (exact) mass is 564 g/mol. The Labute approximate surface area is 234 Å². The van der Waals surface area contributed by atoms with Gasteiger partial charge in [0.25, 0.3) is 0 Å². The summed E-state index contributed by atoms with van der Waals surface area (Å²) < 4.78 is 16.0. The molecule has 0 saturated heterocycles. The van der Waals surface area contributed by atoms with Crippen LogP contribution in [-0.2, 0) is 29.4 Å². The zero-order chi connectivity index (χ0) is 28.0. The average Bonchev–Trinajstić information content (AvgIpc) is 2.95. The first-order valence-electron chi connectivity index (χ1n) is 11.5. The molecule has 0 fully saturated rings. The molecule has 0 amide bonds. The number of ether oxygens (including phenoxy) is 3. The second kappa shape index (κ2) is 12.0. The number of rotatable bonds is 6. The van der Waals surface area contributed by atoms with E-state index in [2.05, 4.69) is 10.3 Å².